The molecule has 0 saturated carbocycles. The van der Waals surface area contributed by atoms with Crippen LogP contribution in [0.5, 0.6) is 0 Å². The molecule has 0 aromatic carbocycles. The maximum Gasteiger partial charge on any atom is -0.147 e. The van der Waals surface area contributed by atoms with Gasteiger partial charge in [0.1, 0.15) is 0 Å². The van der Waals surface area contributed by atoms with E-state index in [2.05, 4.69) is 53.5 Å². The minimum Gasteiger partial charge on any atom is -0.147 e. The Labute approximate surface area is 96.3 Å². The van der Waals surface area contributed by atoms with E-state index in [1.807, 2.05) is 0 Å². The van der Waals surface area contributed by atoms with E-state index in [0.29, 0.717) is 6.04 Å². The van der Waals surface area contributed by atoms with Crippen LogP contribution in [0.2, 0.25) is 0 Å². The summed E-state index contributed by atoms with van der Waals surface area (Å²) in [7, 11) is 0. The summed E-state index contributed by atoms with van der Waals surface area (Å²) in [6, 6.07) is 0.589. The Morgan fingerprint density at radius 2 is 2.00 bits per heavy atom. The van der Waals surface area contributed by atoms with Gasteiger partial charge in [-0.15, -0.1) is 24.8 Å². The van der Waals surface area contributed by atoms with Crippen LogP contribution in [0.1, 0.15) is 20.3 Å². The Balaban J connectivity index is 0. The first-order valence-corrected chi connectivity index (χ1v) is 4.18. The van der Waals surface area contributed by atoms with Crippen molar-refractivity contribution in [2.75, 3.05) is 0 Å². The molecule has 0 atom stereocenters. The summed E-state index contributed by atoms with van der Waals surface area (Å²) < 4.78 is 2.24. The van der Waals surface area contributed by atoms with Gasteiger partial charge in [-0.2, -0.15) is 0 Å². The smallest absolute Gasteiger partial charge is 0.147 e. The molecule has 0 saturated heterocycles. The summed E-state index contributed by atoms with van der Waals surface area (Å²) in [5, 5.41) is 0. The molecule has 1 rings (SSSR count). The van der Waals surface area contributed by atoms with Crippen molar-refractivity contribution in [3.63, 3.8) is 0 Å². The van der Waals surface area contributed by atoms with Gasteiger partial charge in [0.15, 0.2) is 0 Å². The molecule has 0 heterocycles. The van der Waals surface area contributed by atoms with E-state index in [1.165, 1.54) is 5.70 Å². The van der Waals surface area contributed by atoms with Crippen molar-refractivity contribution in [3.8, 4) is 0 Å². The molecule has 0 aliphatic heterocycles. The van der Waals surface area contributed by atoms with Gasteiger partial charge >= 0.3 is 71.6 Å². The van der Waals surface area contributed by atoms with Gasteiger partial charge in [-0.05, 0) is 0 Å². The first-order chi connectivity index (χ1) is 4.72. The second-order valence-corrected chi connectivity index (χ2v) is 3.40. The molecule has 0 unspecified atom stereocenters. The Kier molecular flexibility index (Phi) is 8.60. The number of rotatable bonds is 2. The average molecular weight is 246 g/mol. The molecule has 0 fully saturated rings. The van der Waals surface area contributed by atoms with E-state index in [-0.39, 0.29) is 24.8 Å². The minimum atomic E-state index is 0. The Hall–Kier alpha value is 0.444. The molecule has 1 aliphatic rings. The van der Waals surface area contributed by atoms with E-state index >= 15 is 0 Å². The van der Waals surface area contributed by atoms with Crippen LogP contribution in [0.25, 0.3) is 0 Å². The zero-order chi connectivity index (χ0) is 7.56. The first-order valence-electron chi connectivity index (χ1n) is 3.55. The van der Waals surface area contributed by atoms with Gasteiger partial charge in [0.25, 0.3) is 0 Å². The third-order valence-corrected chi connectivity index (χ3v) is 2.66. The van der Waals surface area contributed by atoms with Gasteiger partial charge in [0, 0.05) is 0 Å². The number of hydrogen-bond donors (Lipinski definition) is 0. The molecular weight excluding hydrogens is 232 g/mol. The van der Waals surface area contributed by atoms with Crippen molar-refractivity contribution < 1.29 is 17.7 Å². The van der Waals surface area contributed by atoms with Gasteiger partial charge in [-0.3, -0.25) is 0 Å². The fourth-order valence-electron chi connectivity index (χ4n) is 0.937. The number of nitrogens with zero attached hydrogens (tertiary/aromatic N) is 1. The summed E-state index contributed by atoms with van der Waals surface area (Å²) in [6.07, 6.45) is 7.54. The van der Waals surface area contributed by atoms with E-state index in [1.54, 1.807) is 0 Å². The van der Waals surface area contributed by atoms with Gasteiger partial charge < -0.3 is 0 Å². The van der Waals surface area contributed by atoms with Crippen LogP contribution in [0.4, 0.5) is 0 Å². The maximum absolute atomic E-state index is 2.59. The van der Waals surface area contributed by atoms with Crippen molar-refractivity contribution in [1.82, 2.24) is 3.75 Å². The average Bonchev–Trinajstić information content (AvgIpc) is 2.36. The SMILES string of the molecule is CC(C)[N]([V])C1=CC=CC1.Cl.Cl. The topological polar surface area (TPSA) is 3.24 Å². The number of hydrogen-bond acceptors (Lipinski definition) is 1. The molecule has 70 valence electrons. The zero-order valence-electron chi connectivity index (χ0n) is 7.23. The Morgan fingerprint density at radius 1 is 1.42 bits per heavy atom. The standard InChI is InChI=1S/C8H12N.2ClH.V/c1-7(2)9-8-5-3-4-6-8;;;/h3-5,7H,6H2,1-2H3;2*1H;/q-1;;;+1. The third-order valence-electron chi connectivity index (χ3n) is 1.54. The molecule has 0 amide bonds. The molecule has 12 heavy (non-hydrogen) atoms. The van der Waals surface area contributed by atoms with Crippen molar-refractivity contribution in [1.29, 1.82) is 0 Å². The summed E-state index contributed by atoms with van der Waals surface area (Å²) >= 11 is 2.59. The monoisotopic (exact) mass is 245 g/mol. The van der Waals surface area contributed by atoms with Crippen LogP contribution in [-0.4, -0.2) is 9.79 Å². The second-order valence-electron chi connectivity index (χ2n) is 2.73. The van der Waals surface area contributed by atoms with Crippen LogP contribution in [0.3, 0.4) is 0 Å². The van der Waals surface area contributed by atoms with E-state index in [0.717, 1.165) is 6.42 Å². The van der Waals surface area contributed by atoms with Crippen molar-refractivity contribution in [3.05, 3.63) is 23.9 Å². The molecule has 0 N–H and O–H groups in total. The minimum absolute atomic E-state index is 0. The fourth-order valence-corrected chi connectivity index (χ4v) is 1.17. The normalized spacial score (nSPS) is 13.4. The van der Waals surface area contributed by atoms with Gasteiger partial charge in [0.2, 0.25) is 0 Å². The predicted octanol–water partition coefficient (Wildman–Crippen LogP) is 2.85. The van der Waals surface area contributed by atoms with Crippen LogP contribution in [0, 0.1) is 0 Å². The summed E-state index contributed by atoms with van der Waals surface area (Å²) in [6.45, 7) is 4.38. The molecule has 0 aromatic rings. The second kappa shape index (κ2) is 6.91. The van der Waals surface area contributed by atoms with Gasteiger partial charge in [0.05, 0.1) is 0 Å². The summed E-state index contributed by atoms with van der Waals surface area (Å²) in [5.41, 5.74) is 1.40. The zero-order valence-corrected chi connectivity index (χ0v) is 10.3. The van der Waals surface area contributed by atoms with Crippen molar-refractivity contribution in [2.24, 2.45) is 0 Å². The molecule has 1 aliphatic carbocycles. The molecule has 1 nitrogen and oxygen atoms in total. The Bertz CT molecular complexity index is 178. The van der Waals surface area contributed by atoms with Crippen molar-refractivity contribution in [2.45, 2.75) is 26.3 Å². The summed E-state index contributed by atoms with van der Waals surface area (Å²) in [4.78, 5) is 0. The van der Waals surface area contributed by atoms with Crippen LogP contribution in [-0.2, 0) is 17.7 Å². The van der Waals surface area contributed by atoms with Crippen molar-refractivity contribution >= 4 is 24.8 Å². The predicted molar refractivity (Wildman–Crippen MR) is 53.3 cm³/mol. The molecule has 4 heteroatoms. The molecule has 0 aromatic heterocycles. The van der Waals surface area contributed by atoms with E-state index < -0.39 is 0 Å². The quantitative estimate of drug-likeness (QED) is 0.724. The largest absolute Gasteiger partial charge is 0.147 e. The first kappa shape index (κ1) is 14.9. The summed E-state index contributed by atoms with van der Waals surface area (Å²) in [5.74, 6) is 0. The van der Waals surface area contributed by atoms with Crippen LogP contribution in [0.15, 0.2) is 23.9 Å². The number of halogens is 2. The molecule has 0 radical (unpaired) electrons. The molecule has 0 bridgehead atoms. The fraction of sp³-hybridized carbons (Fsp3) is 0.500. The van der Waals surface area contributed by atoms with E-state index in [9.17, 15) is 0 Å². The Morgan fingerprint density at radius 3 is 2.33 bits per heavy atom. The van der Waals surface area contributed by atoms with Crippen LogP contribution >= 0.6 is 24.8 Å². The maximum atomic E-state index is 2.59. The van der Waals surface area contributed by atoms with Gasteiger partial charge in [-0.25, -0.2) is 0 Å². The third kappa shape index (κ3) is 3.91. The molecular formula is C8H14Cl2NV. The van der Waals surface area contributed by atoms with E-state index in [4.69, 9.17) is 0 Å². The number of allylic oxidation sites excluding steroid dienone is 3. The van der Waals surface area contributed by atoms with Gasteiger partial charge in [-0.1, -0.05) is 0 Å². The van der Waals surface area contributed by atoms with Crippen LogP contribution < -0.4 is 0 Å². The molecule has 0 spiro atoms.